The SMILES string of the molecule is CCOC(=O)c1ccc2nc(NC(=O)c3cc(C)oc3C)sc2c1. The van der Waals surface area contributed by atoms with Gasteiger partial charge < -0.3 is 9.15 Å². The van der Waals surface area contributed by atoms with Crippen molar-refractivity contribution in [3.8, 4) is 0 Å². The predicted octanol–water partition coefficient (Wildman–Crippen LogP) is 3.94. The molecule has 0 fully saturated rings. The van der Waals surface area contributed by atoms with Crippen molar-refractivity contribution in [3.05, 3.63) is 46.9 Å². The lowest BCUT2D eigenvalue weighted by atomic mass is 10.2. The van der Waals surface area contributed by atoms with E-state index in [1.165, 1.54) is 11.3 Å². The van der Waals surface area contributed by atoms with Crippen molar-refractivity contribution in [1.29, 1.82) is 0 Å². The number of anilines is 1. The number of benzene rings is 1. The standard InChI is InChI=1S/C17H16N2O4S/c1-4-22-16(21)11-5-6-13-14(8-11)24-17(18-13)19-15(20)12-7-9(2)23-10(12)3/h5-8H,4H2,1-3H3,(H,18,19,20). The van der Waals surface area contributed by atoms with Crippen molar-refractivity contribution in [3.63, 3.8) is 0 Å². The van der Waals surface area contributed by atoms with Gasteiger partial charge in [-0.2, -0.15) is 0 Å². The molecule has 2 aromatic heterocycles. The van der Waals surface area contributed by atoms with Crippen molar-refractivity contribution in [2.45, 2.75) is 20.8 Å². The quantitative estimate of drug-likeness (QED) is 0.725. The van der Waals surface area contributed by atoms with E-state index in [1.807, 2.05) is 0 Å². The molecule has 0 bridgehead atoms. The van der Waals surface area contributed by atoms with Crippen LogP contribution in [-0.4, -0.2) is 23.5 Å². The number of carbonyl (C=O) groups is 2. The zero-order valence-corrected chi connectivity index (χ0v) is 14.3. The summed E-state index contributed by atoms with van der Waals surface area (Å²) in [5, 5.41) is 3.23. The lowest BCUT2D eigenvalue weighted by Crippen LogP contribution is -2.11. The number of carbonyl (C=O) groups excluding carboxylic acids is 2. The normalized spacial score (nSPS) is 10.8. The smallest absolute Gasteiger partial charge is 0.338 e. The van der Waals surface area contributed by atoms with Gasteiger partial charge in [-0.05, 0) is 45.0 Å². The molecule has 3 rings (SSSR count). The van der Waals surface area contributed by atoms with Gasteiger partial charge in [0.25, 0.3) is 5.91 Å². The van der Waals surface area contributed by atoms with Crippen LogP contribution in [0.3, 0.4) is 0 Å². The molecule has 0 aliphatic heterocycles. The van der Waals surface area contributed by atoms with E-state index in [0.29, 0.717) is 39.9 Å². The number of hydrogen-bond donors (Lipinski definition) is 1. The van der Waals surface area contributed by atoms with Gasteiger partial charge in [-0.1, -0.05) is 11.3 Å². The number of ether oxygens (including phenoxy) is 1. The number of esters is 1. The highest BCUT2D eigenvalue weighted by Gasteiger charge is 2.16. The summed E-state index contributed by atoms with van der Waals surface area (Å²) in [5.41, 5.74) is 1.66. The fourth-order valence-corrected chi connectivity index (χ4v) is 3.24. The average Bonchev–Trinajstić information content (AvgIpc) is 3.08. The third kappa shape index (κ3) is 3.16. The topological polar surface area (TPSA) is 81.4 Å². The zero-order chi connectivity index (χ0) is 17.3. The van der Waals surface area contributed by atoms with Crippen LogP contribution in [0.4, 0.5) is 5.13 Å². The van der Waals surface area contributed by atoms with Crippen LogP contribution >= 0.6 is 11.3 Å². The first kappa shape index (κ1) is 16.2. The molecule has 6 nitrogen and oxygen atoms in total. The lowest BCUT2D eigenvalue weighted by Gasteiger charge is -2.00. The van der Waals surface area contributed by atoms with Crippen LogP contribution in [0, 0.1) is 13.8 Å². The summed E-state index contributed by atoms with van der Waals surface area (Å²) in [6, 6.07) is 6.81. The summed E-state index contributed by atoms with van der Waals surface area (Å²) in [6.07, 6.45) is 0. The Bertz CT molecular complexity index is 926. The van der Waals surface area contributed by atoms with Gasteiger partial charge in [0.2, 0.25) is 0 Å². The first-order valence-corrected chi connectivity index (χ1v) is 8.25. The molecule has 124 valence electrons. The highest BCUT2D eigenvalue weighted by atomic mass is 32.1. The minimum absolute atomic E-state index is 0.269. The Morgan fingerprint density at radius 1 is 1.29 bits per heavy atom. The minimum Gasteiger partial charge on any atom is -0.466 e. The Balaban J connectivity index is 1.84. The van der Waals surface area contributed by atoms with Gasteiger partial charge in [-0.3, -0.25) is 10.1 Å². The number of amides is 1. The Hall–Kier alpha value is -2.67. The number of aromatic nitrogens is 1. The van der Waals surface area contributed by atoms with E-state index in [2.05, 4.69) is 10.3 Å². The number of aryl methyl sites for hydroxylation is 2. The number of hydrogen-bond acceptors (Lipinski definition) is 6. The zero-order valence-electron chi connectivity index (χ0n) is 13.5. The maximum Gasteiger partial charge on any atom is 0.338 e. The molecule has 0 radical (unpaired) electrons. The van der Waals surface area contributed by atoms with E-state index in [0.717, 1.165) is 4.70 Å². The molecule has 2 heterocycles. The second-order valence-corrected chi connectivity index (χ2v) is 6.23. The van der Waals surface area contributed by atoms with E-state index in [-0.39, 0.29) is 11.9 Å². The second kappa shape index (κ2) is 6.45. The fraction of sp³-hybridized carbons (Fsp3) is 0.235. The van der Waals surface area contributed by atoms with Crippen molar-refractivity contribution in [2.75, 3.05) is 11.9 Å². The Morgan fingerprint density at radius 2 is 2.08 bits per heavy atom. The molecule has 0 atom stereocenters. The molecule has 24 heavy (non-hydrogen) atoms. The van der Waals surface area contributed by atoms with Crippen LogP contribution in [0.1, 0.15) is 39.2 Å². The summed E-state index contributed by atoms with van der Waals surface area (Å²) in [5.74, 6) is 0.605. The second-order valence-electron chi connectivity index (χ2n) is 5.20. The van der Waals surface area contributed by atoms with E-state index in [1.54, 1.807) is 45.0 Å². The Kier molecular flexibility index (Phi) is 4.35. The minimum atomic E-state index is -0.372. The average molecular weight is 344 g/mol. The van der Waals surface area contributed by atoms with Crippen LogP contribution in [0.5, 0.6) is 0 Å². The number of thiazole rings is 1. The molecule has 0 saturated heterocycles. The van der Waals surface area contributed by atoms with Gasteiger partial charge in [-0.15, -0.1) is 0 Å². The molecule has 0 spiro atoms. The predicted molar refractivity (Wildman–Crippen MR) is 91.7 cm³/mol. The molecule has 0 unspecified atom stereocenters. The number of nitrogens with one attached hydrogen (secondary N) is 1. The van der Waals surface area contributed by atoms with Gasteiger partial charge in [0.05, 0.1) is 28.0 Å². The monoisotopic (exact) mass is 344 g/mol. The summed E-state index contributed by atoms with van der Waals surface area (Å²) in [6.45, 7) is 5.62. The molecule has 1 N–H and O–H groups in total. The van der Waals surface area contributed by atoms with Gasteiger partial charge in [-0.25, -0.2) is 9.78 Å². The molecule has 0 aliphatic carbocycles. The molecular weight excluding hydrogens is 328 g/mol. The molecule has 0 aliphatic rings. The molecular formula is C17H16N2O4S. The maximum atomic E-state index is 12.3. The van der Waals surface area contributed by atoms with Crippen LogP contribution in [0.15, 0.2) is 28.7 Å². The summed E-state index contributed by atoms with van der Waals surface area (Å²) in [4.78, 5) is 28.5. The molecule has 1 amide bonds. The number of fused-ring (bicyclic) bond motifs is 1. The van der Waals surface area contributed by atoms with Gasteiger partial charge >= 0.3 is 5.97 Å². The number of furan rings is 1. The van der Waals surface area contributed by atoms with Crippen LogP contribution < -0.4 is 5.32 Å². The van der Waals surface area contributed by atoms with Crippen LogP contribution in [-0.2, 0) is 4.74 Å². The number of rotatable bonds is 4. The Labute approximate surface area is 142 Å². The van der Waals surface area contributed by atoms with Crippen molar-refractivity contribution < 1.29 is 18.7 Å². The van der Waals surface area contributed by atoms with Crippen LogP contribution in [0.25, 0.3) is 10.2 Å². The first-order chi connectivity index (χ1) is 11.5. The van der Waals surface area contributed by atoms with E-state index in [4.69, 9.17) is 9.15 Å². The molecule has 3 aromatic rings. The van der Waals surface area contributed by atoms with Crippen molar-refractivity contribution in [1.82, 2.24) is 4.98 Å². The summed E-state index contributed by atoms with van der Waals surface area (Å²) < 4.78 is 11.2. The van der Waals surface area contributed by atoms with Gasteiger partial charge in [0, 0.05) is 0 Å². The summed E-state index contributed by atoms with van der Waals surface area (Å²) >= 11 is 1.30. The third-order valence-corrected chi connectivity index (χ3v) is 4.34. The maximum absolute atomic E-state index is 12.3. The first-order valence-electron chi connectivity index (χ1n) is 7.44. The van der Waals surface area contributed by atoms with Crippen molar-refractivity contribution in [2.24, 2.45) is 0 Å². The highest BCUT2D eigenvalue weighted by Crippen LogP contribution is 2.28. The third-order valence-electron chi connectivity index (χ3n) is 3.41. The van der Waals surface area contributed by atoms with E-state index < -0.39 is 0 Å². The van der Waals surface area contributed by atoms with Crippen molar-refractivity contribution >= 4 is 38.6 Å². The fourth-order valence-electron chi connectivity index (χ4n) is 2.34. The van der Waals surface area contributed by atoms with Gasteiger partial charge in [0.1, 0.15) is 11.5 Å². The van der Waals surface area contributed by atoms with Gasteiger partial charge in [0.15, 0.2) is 5.13 Å². The van der Waals surface area contributed by atoms with E-state index in [9.17, 15) is 9.59 Å². The number of nitrogens with zero attached hydrogens (tertiary/aromatic N) is 1. The Morgan fingerprint density at radius 3 is 2.75 bits per heavy atom. The van der Waals surface area contributed by atoms with E-state index >= 15 is 0 Å². The van der Waals surface area contributed by atoms with Crippen LogP contribution in [0.2, 0.25) is 0 Å². The summed E-state index contributed by atoms with van der Waals surface area (Å²) in [7, 11) is 0. The largest absolute Gasteiger partial charge is 0.466 e. The molecule has 0 saturated carbocycles. The highest BCUT2D eigenvalue weighted by molar-refractivity contribution is 7.22. The molecule has 7 heteroatoms. The lowest BCUT2D eigenvalue weighted by molar-refractivity contribution is 0.0526. The molecule has 1 aromatic carbocycles.